The minimum Gasteiger partial charge on any atom is -0.383 e. The van der Waals surface area contributed by atoms with Crippen molar-refractivity contribution >= 4 is 0 Å². The van der Waals surface area contributed by atoms with Gasteiger partial charge in [-0.2, -0.15) is 0 Å². The average Bonchev–Trinajstić information content (AvgIpc) is 2.05. The third-order valence-electron chi connectivity index (χ3n) is 2.38. The number of likely N-dealkylation sites (N-methyl/N-ethyl adjacent to an activating group) is 1. The molecule has 0 rings (SSSR count). The van der Waals surface area contributed by atoms with Crippen molar-refractivity contribution < 1.29 is 4.74 Å². The van der Waals surface area contributed by atoms with E-state index in [-0.39, 0.29) is 5.54 Å². The van der Waals surface area contributed by atoms with E-state index < -0.39 is 0 Å². The van der Waals surface area contributed by atoms with Gasteiger partial charge in [-0.25, -0.2) is 0 Å². The van der Waals surface area contributed by atoms with Crippen molar-refractivity contribution in [2.24, 2.45) is 5.73 Å². The lowest BCUT2D eigenvalue weighted by Crippen LogP contribution is -2.53. The Morgan fingerprint density at radius 3 is 2.42 bits per heavy atom. The van der Waals surface area contributed by atoms with Gasteiger partial charge in [0.25, 0.3) is 0 Å². The number of hydrogen-bond donors (Lipinski definition) is 1. The van der Waals surface area contributed by atoms with Gasteiger partial charge in [0.05, 0.1) is 12.1 Å². The Morgan fingerprint density at radius 1 is 1.50 bits per heavy atom. The van der Waals surface area contributed by atoms with Crippen molar-refractivity contribution in [3.05, 3.63) is 0 Å². The summed E-state index contributed by atoms with van der Waals surface area (Å²) in [5.74, 6) is 0. The van der Waals surface area contributed by atoms with Crippen LogP contribution < -0.4 is 5.73 Å². The zero-order chi connectivity index (χ0) is 9.61. The first-order valence-electron chi connectivity index (χ1n) is 4.51. The Kier molecular flexibility index (Phi) is 5.46. The van der Waals surface area contributed by atoms with Gasteiger partial charge in [-0.05, 0) is 26.9 Å². The van der Waals surface area contributed by atoms with Crippen LogP contribution in [0.2, 0.25) is 0 Å². The topological polar surface area (TPSA) is 38.5 Å². The standard InChI is InChI=1S/C9H22N2O/c1-5-6-11(3)9(2,7-10)8-12-4/h5-8,10H2,1-4H3. The van der Waals surface area contributed by atoms with Crippen molar-refractivity contribution in [1.29, 1.82) is 0 Å². The second kappa shape index (κ2) is 5.51. The fraction of sp³-hybridized carbons (Fsp3) is 1.00. The summed E-state index contributed by atoms with van der Waals surface area (Å²) in [6.45, 7) is 6.70. The molecule has 3 heteroatoms. The molecule has 0 aliphatic rings. The highest BCUT2D eigenvalue weighted by molar-refractivity contribution is 4.84. The lowest BCUT2D eigenvalue weighted by molar-refractivity contribution is 0.0438. The molecule has 0 amide bonds. The van der Waals surface area contributed by atoms with Crippen LogP contribution in [0.1, 0.15) is 20.3 Å². The number of nitrogens with zero attached hydrogens (tertiary/aromatic N) is 1. The summed E-state index contributed by atoms with van der Waals surface area (Å²) in [6, 6.07) is 0. The summed E-state index contributed by atoms with van der Waals surface area (Å²) in [5.41, 5.74) is 5.69. The van der Waals surface area contributed by atoms with Gasteiger partial charge >= 0.3 is 0 Å². The highest BCUT2D eigenvalue weighted by Crippen LogP contribution is 2.11. The third kappa shape index (κ3) is 3.09. The Bertz CT molecular complexity index is 119. The molecule has 12 heavy (non-hydrogen) atoms. The predicted molar refractivity (Wildman–Crippen MR) is 52.3 cm³/mol. The lowest BCUT2D eigenvalue weighted by Gasteiger charge is -2.37. The zero-order valence-corrected chi connectivity index (χ0v) is 8.76. The van der Waals surface area contributed by atoms with Crippen LogP contribution in [0.15, 0.2) is 0 Å². The first kappa shape index (κ1) is 11.9. The molecule has 1 atom stereocenters. The zero-order valence-electron chi connectivity index (χ0n) is 8.76. The number of ether oxygens (including phenoxy) is 1. The van der Waals surface area contributed by atoms with E-state index >= 15 is 0 Å². The number of hydrogen-bond acceptors (Lipinski definition) is 3. The van der Waals surface area contributed by atoms with Crippen molar-refractivity contribution in [3.8, 4) is 0 Å². The molecule has 1 unspecified atom stereocenters. The summed E-state index contributed by atoms with van der Waals surface area (Å²) in [6.07, 6.45) is 1.15. The van der Waals surface area contributed by atoms with Crippen molar-refractivity contribution in [2.75, 3.05) is 33.9 Å². The summed E-state index contributed by atoms with van der Waals surface area (Å²) >= 11 is 0. The minimum absolute atomic E-state index is 0.00917. The molecule has 0 aliphatic heterocycles. The molecule has 0 saturated heterocycles. The molecule has 0 aromatic rings. The Balaban J connectivity index is 4.08. The van der Waals surface area contributed by atoms with E-state index in [0.29, 0.717) is 13.2 Å². The second-order valence-corrected chi connectivity index (χ2v) is 3.56. The Hall–Kier alpha value is -0.120. The number of nitrogens with two attached hydrogens (primary N) is 1. The SMILES string of the molecule is CCCN(C)C(C)(CN)COC. The van der Waals surface area contributed by atoms with Crippen LogP contribution in [0.4, 0.5) is 0 Å². The molecule has 0 spiro atoms. The van der Waals surface area contributed by atoms with Gasteiger partial charge in [-0.1, -0.05) is 6.92 Å². The highest BCUT2D eigenvalue weighted by Gasteiger charge is 2.26. The van der Waals surface area contributed by atoms with E-state index in [0.717, 1.165) is 13.0 Å². The van der Waals surface area contributed by atoms with E-state index in [9.17, 15) is 0 Å². The second-order valence-electron chi connectivity index (χ2n) is 3.56. The lowest BCUT2D eigenvalue weighted by atomic mass is 10.0. The molecule has 2 N–H and O–H groups in total. The van der Waals surface area contributed by atoms with E-state index in [1.54, 1.807) is 7.11 Å². The molecule has 0 aromatic heterocycles. The molecule has 0 radical (unpaired) electrons. The summed E-state index contributed by atoms with van der Waals surface area (Å²) in [7, 11) is 3.81. The Morgan fingerprint density at radius 2 is 2.08 bits per heavy atom. The highest BCUT2D eigenvalue weighted by atomic mass is 16.5. The normalized spacial score (nSPS) is 16.5. The molecular weight excluding hydrogens is 152 g/mol. The molecule has 0 bridgehead atoms. The van der Waals surface area contributed by atoms with Crippen LogP contribution in [0.3, 0.4) is 0 Å². The quantitative estimate of drug-likeness (QED) is 0.644. The van der Waals surface area contributed by atoms with E-state index in [1.165, 1.54) is 0 Å². The van der Waals surface area contributed by atoms with E-state index in [1.807, 2.05) is 0 Å². The van der Waals surface area contributed by atoms with Crippen molar-refractivity contribution in [1.82, 2.24) is 4.90 Å². The maximum absolute atomic E-state index is 5.70. The summed E-state index contributed by atoms with van der Waals surface area (Å²) < 4.78 is 5.14. The number of rotatable bonds is 6. The molecule has 0 fully saturated rings. The van der Waals surface area contributed by atoms with Gasteiger partial charge in [0, 0.05) is 13.7 Å². The molecule has 3 nitrogen and oxygen atoms in total. The molecule has 0 aromatic carbocycles. The fourth-order valence-electron chi connectivity index (χ4n) is 1.24. The van der Waals surface area contributed by atoms with Crippen LogP contribution in [0.25, 0.3) is 0 Å². The van der Waals surface area contributed by atoms with Gasteiger partial charge in [0.2, 0.25) is 0 Å². The molecule has 0 aliphatic carbocycles. The first-order chi connectivity index (χ1) is 5.60. The molecule has 0 heterocycles. The Labute approximate surface area is 75.9 Å². The van der Waals surface area contributed by atoms with Crippen LogP contribution >= 0.6 is 0 Å². The summed E-state index contributed by atoms with van der Waals surface area (Å²) in [4.78, 5) is 2.26. The molecule has 74 valence electrons. The average molecular weight is 174 g/mol. The predicted octanol–water partition coefficient (Wildman–Crippen LogP) is 0.692. The van der Waals surface area contributed by atoms with Crippen LogP contribution in [0.5, 0.6) is 0 Å². The monoisotopic (exact) mass is 174 g/mol. The summed E-state index contributed by atoms with van der Waals surface area (Å²) in [5, 5.41) is 0. The smallest absolute Gasteiger partial charge is 0.0656 e. The van der Waals surface area contributed by atoms with Crippen molar-refractivity contribution in [3.63, 3.8) is 0 Å². The van der Waals surface area contributed by atoms with E-state index in [4.69, 9.17) is 10.5 Å². The number of methoxy groups -OCH3 is 1. The van der Waals surface area contributed by atoms with Gasteiger partial charge in [0.15, 0.2) is 0 Å². The fourth-order valence-corrected chi connectivity index (χ4v) is 1.24. The van der Waals surface area contributed by atoms with Gasteiger partial charge in [0.1, 0.15) is 0 Å². The minimum atomic E-state index is -0.00917. The van der Waals surface area contributed by atoms with Gasteiger partial charge < -0.3 is 10.5 Å². The maximum Gasteiger partial charge on any atom is 0.0656 e. The van der Waals surface area contributed by atoms with Crippen LogP contribution in [-0.2, 0) is 4.74 Å². The third-order valence-corrected chi connectivity index (χ3v) is 2.38. The van der Waals surface area contributed by atoms with E-state index in [2.05, 4.69) is 25.8 Å². The molecular formula is C9H22N2O. The van der Waals surface area contributed by atoms with Crippen molar-refractivity contribution in [2.45, 2.75) is 25.8 Å². The van der Waals surface area contributed by atoms with Gasteiger partial charge in [-0.15, -0.1) is 0 Å². The van der Waals surface area contributed by atoms with Crippen LogP contribution in [-0.4, -0.2) is 44.3 Å². The van der Waals surface area contributed by atoms with Crippen LogP contribution in [0, 0.1) is 0 Å². The molecule has 0 saturated carbocycles. The maximum atomic E-state index is 5.70. The first-order valence-corrected chi connectivity index (χ1v) is 4.51. The largest absolute Gasteiger partial charge is 0.383 e. The van der Waals surface area contributed by atoms with Gasteiger partial charge in [-0.3, -0.25) is 4.90 Å².